The number of aliphatic hydroxyl groups excluding tert-OH is 1. The Labute approximate surface area is 119 Å². The van der Waals surface area contributed by atoms with Crippen LogP contribution in [0.3, 0.4) is 0 Å². The standard InChI is InChI=1S/C15H24N2O3/c1-15(2,10-18)14(17-7-5-16-6-8-17)12-9-11(19)3-4-13(12)20/h3-4,9,14,16,18-20H,5-8,10H2,1-2H3/t14-/m0/s1. The number of benzene rings is 1. The molecule has 1 aromatic rings. The van der Waals surface area contributed by atoms with Crippen LogP contribution in [0.15, 0.2) is 18.2 Å². The number of aliphatic hydroxyl groups is 1. The van der Waals surface area contributed by atoms with E-state index in [0.717, 1.165) is 26.2 Å². The Morgan fingerprint density at radius 1 is 1.25 bits per heavy atom. The van der Waals surface area contributed by atoms with Gasteiger partial charge in [-0.15, -0.1) is 0 Å². The molecule has 0 radical (unpaired) electrons. The molecule has 0 unspecified atom stereocenters. The molecule has 4 N–H and O–H groups in total. The second-order valence-electron chi connectivity index (χ2n) is 6.08. The highest BCUT2D eigenvalue weighted by Crippen LogP contribution is 2.42. The molecule has 2 rings (SSSR count). The zero-order valence-corrected chi connectivity index (χ0v) is 12.1. The van der Waals surface area contributed by atoms with E-state index < -0.39 is 5.41 Å². The summed E-state index contributed by atoms with van der Waals surface area (Å²) in [4.78, 5) is 2.25. The molecule has 1 atom stereocenters. The summed E-state index contributed by atoms with van der Waals surface area (Å²) in [5.74, 6) is 0.291. The highest BCUT2D eigenvalue weighted by molar-refractivity contribution is 5.41. The maximum atomic E-state index is 10.2. The number of aromatic hydroxyl groups is 2. The van der Waals surface area contributed by atoms with Gasteiger partial charge in [-0.1, -0.05) is 13.8 Å². The van der Waals surface area contributed by atoms with Crippen LogP contribution in [0.25, 0.3) is 0 Å². The Morgan fingerprint density at radius 3 is 2.50 bits per heavy atom. The molecule has 5 nitrogen and oxygen atoms in total. The van der Waals surface area contributed by atoms with Gasteiger partial charge in [0.05, 0.1) is 0 Å². The SMILES string of the molecule is CC(C)(CO)[C@H](c1cc(O)ccc1O)N1CCNCC1. The molecule has 5 heteroatoms. The van der Waals surface area contributed by atoms with Crippen LogP contribution in [-0.4, -0.2) is 53.0 Å². The van der Waals surface area contributed by atoms with Crippen molar-refractivity contribution in [1.82, 2.24) is 10.2 Å². The lowest BCUT2D eigenvalue weighted by atomic mass is 9.79. The first-order chi connectivity index (χ1) is 9.45. The van der Waals surface area contributed by atoms with Gasteiger partial charge in [0, 0.05) is 49.8 Å². The van der Waals surface area contributed by atoms with Gasteiger partial charge < -0.3 is 20.6 Å². The van der Waals surface area contributed by atoms with Gasteiger partial charge in [0.1, 0.15) is 11.5 Å². The van der Waals surface area contributed by atoms with Gasteiger partial charge in [-0.2, -0.15) is 0 Å². The molecule has 0 amide bonds. The van der Waals surface area contributed by atoms with E-state index in [1.54, 1.807) is 6.07 Å². The molecule has 1 aliphatic rings. The lowest BCUT2D eigenvalue weighted by Crippen LogP contribution is -2.49. The average Bonchev–Trinajstić information content (AvgIpc) is 2.44. The Hall–Kier alpha value is -1.30. The molecule has 1 aromatic carbocycles. The summed E-state index contributed by atoms with van der Waals surface area (Å²) in [5.41, 5.74) is 0.258. The number of hydrogen-bond acceptors (Lipinski definition) is 5. The number of phenolic OH excluding ortho intramolecular Hbond substituents is 2. The smallest absolute Gasteiger partial charge is 0.120 e. The molecule has 0 saturated carbocycles. The minimum Gasteiger partial charge on any atom is -0.508 e. The van der Waals surface area contributed by atoms with Crippen LogP contribution in [0, 0.1) is 5.41 Å². The second kappa shape index (κ2) is 5.99. The maximum absolute atomic E-state index is 10.2. The van der Waals surface area contributed by atoms with E-state index in [2.05, 4.69) is 10.2 Å². The van der Waals surface area contributed by atoms with Crippen LogP contribution in [0.4, 0.5) is 0 Å². The van der Waals surface area contributed by atoms with Crippen molar-refractivity contribution < 1.29 is 15.3 Å². The van der Waals surface area contributed by atoms with E-state index >= 15 is 0 Å². The predicted molar refractivity (Wildman–Crippen MR) is 77.8 cm³/mol. The molecule has 0 bridgehead atoms. The van der Waals surface area contributed by atoms with Gasteiger partial charge in [-0.3, -0.25) is 4.90 Å². The van der Waals surface area contributed by atoms with Crippen LogP contribution in [-0.2, 0) is 0 Å². The quantitative estimate of drug-likeness (QED) is 0.621. The lowest BCUT2D eigenvalue weighted by molar-refractivity contribution is 0.0292. The Balaban J connectivity index is 2.42. The van der Waals surface area contributed by atoms with Crippen LogP contribution in [0.5, 0.6) is 11.5 Å². The molecule has 1 fully saturated rings. The topological polar surface area (TPSA) is 76.0 Å². The third-order valence-electron chi connectivity index (χ3n) is 3.97. The number of nitrogens with one attached hydrogen (secondary N) is 1. The summed E-state index contributed by atoms with van der Waals surface area (Å²) < 4.78 is 0. The summed E-state index contributed by atoms with van der Waals surface area (Å²) in [6, 6.07) is 4.44. The molecule has 1 heterocycles. The van der Waals surface area contributed by atoms with Crippen LogP contribution >= 0.6 is 0 Å². The lowest BCUT2D eigenvalue weighted by Gasteiger charge is -2.43. The third kappa shape index (κ3) is 3.06. The van der Waals surface area contributed by atoms with Gasteiger partial charge in [-0.25, -0.2) is 0 Å². The van der Waals surface area contributed by atoms with Crippen LogP contribution < -0.4 is 5.32 Å². The number of piperazine rings is 1. The zero-order valence-electron chi connectivity index (χ0n) is 12.1. The summed E-state index contributed by atoms with van der Waals surface area (Å²) in [6.45, 7) is 7.44. The highest BCUT2D eigenvalue weighted by atomic mass is 16.3. The first-order valence-corrected chi connectivity index (χ1v) is 7.03. The van der Waals surface area contributed by atoms with Crippen molar-refractivity contribution in [3.63, 3.8) is 0 Å². The number of nitrogens with zero attached hydrogens (tertiary/aromatic N) is 1. The minimum absolute atomic E-state index is 0.0106. The largest absolute Gasteiger partial charge is 0.508 e. The maximum Gasteiger partial charge on any atom is 0.120 e. The van der Waals surface area contributed by atoms with Crippen molar-refractivity contribution in [3.05, 3.63) is 23.8 Å². The first kappa shape index (κ1) is 15.1. The molecular formula is C15H24N2O3. The van der Waals surface area contributed by atoms with Crippen molar-refractivity contribution in [2.75, 3.05) is 32.8 Å². The van der Waals surface area contributed by atoms with Crippen LogP contribution in [0.1, 0.15) is 25.5 Å². The van der Waals surface area contributed by atoms with E-state index in [0.29, 0.717) is 5.56 Å². The van der Waals surface area contributed by atoms with Gasteiger partial charge >= 0.3 is 0 Å². The van der Waals surface area contributed by atoms with Gasteiger partial charge in [0.2, 0.25) is 0 Å². The van der Waals surface area contributed by atoms with Crippen molar-refractivity contribution in [1.29, 1.82) is 0 Å². The molecule has 0 aliphatic carbocycles. The zero-order chi connectivity index (χ0) is 14.8. The average molecular weight is 280 g/mol. The molecule has 0 spiro atoms. The molecule has 0 aromatic heterocycles. The normalized spacial score (nSPS) is 18.9. The number of phenols is 2. The van der Waals surface area contributed by atoms with E-state index in [1.165, 1.54) is 12.1 Å². The Kier molecular flexibility index (Phi) is 4.52. The van der Waals surface area contributed by atoms with Gasteiger partial charge in [-0.05, 0) is 18.2 Å². The molecule has 1 aliphatic heterocycles. The predicted octanol–water partition coefficient (Wildman–Crippen LogP) is 1.06. The fourth-order valence-corrected chi connectivity index (χ4v) is 2.90. The van der Waals surface area contributed by atoms with Gasteiger partial charge in [0.25, 0.3) is 0 Å². The summed E-state index contributed by atoms with van der Waals surface area (Å²) >= 11 is 0. The highest BCUT2D eigenvalue weighted by Gasteiger charge is 2.37. The number of rotatable bonds is 4. The fourth-order valence-electron chi connectivity index (χ4n) is 2.90. The molecule has 112 valence electrons. The number of hydrogen-bond donors (Lipinski definition) is 4. The van der Waals surface area contributed by atoms with E-state index in [9.17, 15) is 15.3 Å². The van der Waals surface area contributed by atoms with Crippen molar-refractivity contribution in [3.8, 4) is 11.5 Å². The van der Waals surface area contributed by atoms with Crippen molar-refractivity contribution in [2.24, 2.45) is 5.41 Å². The van der Waals surface area contributed by atoms with Crippen molar-refractivity contribution >= 4 is 0 Å². The second-order valence-corrected chi connectivity index (χ2v) is 6.08. The fraction of sp³-hybridized carbons (Fsp3) is 0.600. The van der Waals surface area contributed by atoms with Crippen molar-refractivity contribution in [2.45, 2.75) is 19.9 Å². The molecule has 1 saturated heterocycles. The van der Waals surface area contributed by atoms with E-state index in [-0.39, 0.29) is 24.1 Å². The summed E-state index contributed by atoms with van der Waals surface area (Å²) in [6.07, 6.45) is 0. The monoisotopic (exact) mass is 280 g/mol. The molecular weight excluding hydrogens is 256 g/mol. The Morgan fingerprint density at radius 2 is 1.90 bits per heavy atom. The van der Waals surface area contributed by atoms with E-state index in [1.807, 2.05) is 13.8 Å². The third-order valence-corrected chi connectivity index (χ3v) is 3.97. The van der Waals surface area contributed by atoms with E-state index in [4.69, 9.17) is 0 Å². The first-order valence-electron chi connectivity index (χ1n) is 7.03. The Bertz CT molecular complexity index is 456. The summed E-state index contributed by atoms with van der Waals surface area (Å²) in [5, 5.41) is 32.9. The minimum atomic E-state index is -0.414. The van der Waals surface area contributed by atoms with Crippen LogP contribution in [0.2, 0.25) is 0 Å². The molecule has 20 heavy (non-hydrogen) atoms. The summed E-state index contributed by atoms with van der Waals surface area (Å²) in [7, 11) is 0. The van der Waals surface area contributed by atoms with Gasteiger partial charge in [0.15, 0.2) is 0 Å².